The van der Waals surface area contributed by atoms with Crippen molar-refractivity contribution in [1.29, 1.82) is 0 Å². The Bertz CT molecular complexity index is 728. The van der Waals surface area contributed by atoms with Crippen LogP contribution in [0.3, 0.4) is 0 Å². The molecule has 2 saturated carbocycles. The molecule has 6 heteroatoms. The second-order valence-electron chi connectivity index (χ2n) is 6.65. The molecule has 4 rings (SSSR count). The second-order valence-corrected chi connectivity index (χ2v) is 7.03. The fourth-order valence-electron chi connectivity index (χ4n) is 4.29. The molecule has 4 atom stereocenters. The van der Waals surface area contributed by atoms with Gasteiger partial charge >= 0.3 is 0 Å². The zero-order valence-corrected chi connectivity index (χ0v) is 13.3. The van der Waals surface area contributed by atoms with Crippen LogP contribution in [0.4, 0.5) is 0 Å². The van der Waals surface area contributed by atoms with Crippen molar-refractivity contribution in [3.63, 3.8) is 0 Å². The van der Waals surface area contributed by atoms with Crippen LogP contribution in [0, 0.1) is 17.8 Å². The summed E-state index contributed by atoms with van der Waals surface area (Å²) in [5.74, 6) is 2.04. The molecule has 2 aromatic heterocycles. The molecule has 0 spiro atoms. The van der Waals surface area contributed by atoms with Gasteiger partial charge in [0.15, 0.2) is 11.3 Å². The number of fused-ring (bicyclic) bond motifs is 3. The highest BCUT2D eigenvalue weighted by molar-refractivity contribution is 6.36. The zero-order chi connectivity index (χ0) is 15.3. The van der Waals surface area contributed by atoms with Gasteiger partial charge in [-0.3, -0.25) is 4.79 Å². The molecule has 1 amide bonds. The van der Waals surface area contributed by atoms with E-state index in [4.69, 9.17) is 11.6 Å². The first-order valence-electron chi connectivity index (χ1n) is 7.93. The SMILES string of the molecule is C[C@@H](NC(=O)c1nn2cccnc2c1Cl)[C@@H]1C[C@@H]2CC[C@@H]1C2. The third-order valence-electron chi connectivity index (χ3n) is 5.35. The Morgan fingerprint density at radius 2 is 2.32 bits per heavy atom. The fraction of sp³-hybridized carbons (Fsp3) is 0.562. The quantitative estimate of drug-likeness (QED) is 0.946. The fourth-order valence-corrected chi connectivity index (χ4v) is 4.55. The number of hydrogen-bond acceptors (Lipinski definition) is 3. The van der Waals surface area contributed by atoms with Crippen molar-refractivity contribution >= 4 is 23.2 Å². The Kier molecular flexibility index (Phi) is 3.33. The van der Waals surface area contributed by atoms with Crippen LogP contribution in [0.25, 0.3) is 5.65 Å². The normalized spacial score (nSPS) is 28.2. The highest BCUT2D eigenvalue weighted by Gasteiger charge is 2.42. The summed E-state index contributed by atoms with van der Waals surface area (Å²) in [4.78, 5) is 16.7. The maximum absolute atomic E-state index is 12.5. The molecule has 0 unspecified atom stereocenters. The van der Waals surface area contributed by atoms with Crippen LogP contribution in [-0.4, -0.2) is 26.5 Å². The van der Waals surface area contributed by atoms with Crippen LogP contribution >= 0.6 is 11.6 Å². The van der Waals surface area contributed by atoms with Gasteiger partial charge in [0.2, 0.25) is 0 Å². The van der Waals surface area contributed by atoms with Gasteiger partial charge in [0.1, 0.15) is 5.02 Å². The van der Waals surface area contributed by atoms with Gasteiger partial charge in [-0.2, -0.15) is 5.10 Å². The summed E-state index contributed by atoms with van der Waals surface area (Å²) in [7, 11) is 0. The Labute approximate surface area is 134 Å². The molecule has 22 heavy (non-hydrogen) atoms. The number of rotatable bonds is 3. The van der Waals surface area contributed by atoms with Crippen LogP contribution in [0.1, 0.15) is 43.1 Å². The van der Waals surface area contributed by atoms with E-state index in [2.05, 4.69) is 22.3 Å². The second kappa shape index (κ2) is 5.23. The summed E-state index contributed by atoms with van der Waals surface area (Å²) in [6, 6.07) is 1.92. The van der Waals surface area contributed by atoms with Crippen molar-refractivity contribution in [2.45, 2.75) is 38.6 Å². The van der Waals surface area contributed by atoms with Crippen LogP contribution in [0.15, 0.2) is 18.5 Å². The van der Waals surface area contributed by atoms with E-state index >= 15 is 0 Å². The van der Waals surface area contributed by atoms with Crippen LogP contribution in [0.5, 0.6) is 0 Å². The van der Waals surface area contributed by atoms with E-state index in [1.807, 2.05) is 0 Å². The van der Waals surface area contributed by atoms with Gasteiger partial charge in [0, 0.05) is 18.4 Å². The van der Waals surface area contributed by atoms with E-state index in [1.54, 1.807) is 23.0 Å². The molecular formula is C16H19ClN4O. The number of halogens is 1. The highest BCUT2D eigenvalue weighted by atomic mass is 35.5. The largest absolute Gasteiger partial charge is 0.348 e. The predicted octanol–water partition coefficient (Wildman–Crippen LogP) is 2.94. The van der Waals surface area contributed by atoms with E-state index in [0.717, 1.165) is 11.8 Å². The number of amides is 1. The smallest absolute Gasteiger partial charge is 0.273 e. The van der Waals surface area contributed by atoms with Gasteiger partial charge in [-0.1, -0.05) is 18.0 Å². The maximum Gasteiger partial charge on any atom is 0.273 e. The summed E-state index contributed by atoms with van der Waals surface area (Å²) in [5.41, 5.74) is 0.775. The Morgan fingerprint density at radius 1 is 1.45 bits per heavy atom. The van der Waals surface area contributed by atoms with Crippen molar-refractivity contribution in [1.82, 2.24) is 19.9 Å². The molecule has 2 aliphatic carbocycles. The molecule has 2 fully saturated rings. The highest BCUT2D eigenvalue weighted by Crippen LogP contribution is 2.49. The van der Waals surface area contributed by atoms with E-state index < -0.39 is 0 Å². The van der Waals surface area contributed by atoms with Crippen molar-refractivity contribution in [2.75, 3.05) is 0 Å². The summed E-state index contributed by atoms with van der Waals surface area (Å²) in [6.07, 6.45) is 8.64. The molecular weight excluding hydrogens is 300 g/mol. The minimum absolute atomic E-state index is 0.164. The lowest BCUT2D eigenvalue weighted by atomic mass is 9.84. The van der Waals surface area contributed by atoms with E-state index in [0.29, 0.717) is 16.6 Å². The molecule has 2 bridgehead atoms. The third kappa shape index (κ3) is 2.19. The number of hydrogen-bond donors (Lipinski definition) is 1. The minimum Gasteiger partial charge on any atom is -0.348 e. The van der Waals surface area contributed by atoms with Gasteiger partial charge in [-0.15, -0.1) is 0 Å². The van der Waals surface area contributed by atoms with Gasteiger partial charge in [-0.05, 0) is 50.0 Å². The first kappa shape index (κ1) is 14.0. The standard InChI is InChI=1S/C16H19ClN4O/c1-9(12-8-10-3-4-11(12)7-10)19-16(22)14-13(17)15-18-5-2-6-21(15)20-14/h2,5-6,9-12H,3-4,7-8H2,1H3,(H,19,22)/t9-,10-,11-,12+/m1/s1. The Hall–Kier alpha value is -1.62. The molecule has 116 valence electrons. The molecule has 0 radical (unpaired) electrons. The molecule has 2 heterocycles. The molecule has 1 N–H and O–H groups in total. The number of nitrogens with zero attached hydrogens (tertiary/aromatic N) is 3. The molecule has 2 aromatic rings. The van der Waals surface area contributed by atoms with Gasteiger partial charge in [0.05, 0.1) is 0 Å². The molecule has 0 aliphatic heterocycles. The lowest BCUT2D eigenvalue weighted by Crippen LogP contribution is -2.40. The first-order valence-corrected chi connectivity index (χ1v) is 8.31. The lowest BCUT2D eigenvalue weighted by Gasteiger charge is -2.28. The maximum atomic E-state index is 12.5. The molecule has 5 nitrogen and oxygen atoms in total. The number of aromatic nitrogens is 3. The van der Waals surface area contributed by atoms with Gasteiger partial charge in [0.25, 0.3) is 5.91 Å². The summed E-state index contributed by atoms with van der Waals surface area (Å²) in [5, 5.41) is 7.67. The summed E-state index contributed by atoms with van der Waals surface area (Å²) >= 11 is 6.25. The van der Waals surface area contributed by atoms with E-state index in [-0.39, 0.29) is 17.6 Å². The number of nitrogens with one attached hydrogen (secondary N) is 1. The lowest BCUT2D eigenvalue weighted by molar-refractivity contribution is 0.0910. The zero-order valence-electron chi connectivity index (χ0n) is 12.5. The monoisotopic (exact) mass is 318 g/mol. The molecule has 0 aromatic carbocycles. The topological polar surface area (TPSA) is 59.3 Å². The number of carbonyl (C=O) groups is 1. The predicted molar refractivity (Wildman–Crippen MR) is 83.9 cm³/mol. The molecule has 2 aliphatic rings. The van der Waals surface area contributed by atoms with E-state index in [9.17, 15) is 4.79 Å². The van der Waals surface area contributed by atoms with Crippen molar-refractivity contribution < 1.29 is 4.79 Å². The Balaban J connectivity index is 1.52. The van der Waals surface area contributed by atoms with Crippen LogP contribution in [-0.2, 0) is 0 Å². The van der Waals surface area contributed by atoms with Crippen molar-refractivity contribution in [2.24, 2.45) is 17.8 Å². The van der Waals surface area contributed by atoms with E-state index in [1.165, 1.54) is 25.7 Å². The van der Waals surface area contributed by atoms with Gasteiger partial charge in [-0.25, -0.2) is 9.50 Å². The first-order chi connectivity index (χ1) is 10.6. The average molecular weight is 319 g/mol. The third-order valence-corrected chi connectivity index (χ3v) is 5.70. The van der Waals surface area contributed by atoms with Crippen molar-refractivity contribution in [3.8, 4) is 0 Å². The summed E-state index contributed by atoms with van der Waals surface area (Å²) < 4.78 is 1.54. The minimum atomic E-state index is -0.203. The van der Waals surface area contributed by atoms with Crippen LogP contribution in [0.2, 0.25) is 5.02 Å². The number of carbonyl (C=O) groups excluding carboxylic acids is 1. The summed E-state index contributed by atoms with van der Waals surface area (Å²) in [6.45, 7) is 2.10. The van der Waals surface area contributed by atoms with Gasteiger partial charge < -0.3 is 5.32 Å². The van der Waals surface area contributed by atoms with Crippen molar-refractivity contribution in [3.05, 3.63) is 29.2 Å². The average Bonchev–Trinajstić information content (AvgIpc) is 3.22. The van der Waals surface area contributed by atoms with Crippen LogP contribution < -0.4 is 5.32 Å². The molecule has 0 saturated heterocycles. The Morgan fingerprint density at radius 3 is 3.00 bits per heavy atom.